The second-order valence-electron chi connectivity index (χ2n) is 4.18. The predicted octanol–water partition coefficient (Wildman–Crippen LogP) is 1.44. The number of likely N-dealkylation sites (N-methyl/N-ethyl adjacent to an activating group) is 1. The van der Waals surface area contributed by atoms with Crippen molar-refractivity contribution in [1.82, 2.24) is 9.78 Å². The fourth-order valence-corrected chi connectivity index (χ4v) is 1.78. The fourth-order valence-electron chi connectivity index (χ4n) is 1.78. The van der Waals surface area contributed by atoms with Crippen molar-refractivity contribution in [3.63, 3.8) is 0 Å². The number of hydrogen-bond donors (Lipinski definition) is 1. The van der Waals surface area contributed by atoms with E-state index in [4.69, 9.17) is 5.73 Å². The smallest absolute Gasteiger partial charge is 0.248 e. The average molecular weight is 244 g/mol. The van der Waals surface area contributed by atoms with Gasteiger partial charge in [-0.1, -0.05) is 18.2 Å². The number of amides is 1. The fraction of sp³-hybridized carbons (Fsp3) is 0.231. The first kappa shape index (κ1) is 12.2. The van der Waals surface area contributed by atoms with Crippen LogP contribution in [-0.4, -0.2) is 22.7 Å². The summed E-state index contributed by atoms with van der Waals surface area (Å²) in [5.74, 6) is 0.383. The zero-order valence-corrected chi connectivity index (χ0v) is 10.5. The Morgan fingerprint density at radius 3 is 2.72 bits per heavy atom. The molecule has 0 saturated carbocycles. The molecule has 0 atom stereocenters. The SMILES string of the molecule is Cc1ccccc1N(C)C(=O)Cn1ccc(N)n1. The van der Waals surface area contributed by atoms with Crippen LogP contribution in [0, 0.1) is 6.92 Å². The highest BCUT2D eigenvalue weighted by Crippen LogP contribution is 2.18. The highest BCUT2D eigenvalue weighted by atomic mass is 16.2. The summed E-state index contributed by atoms with van der Waals surface area (Å²) < 4.78 is 1.53. The third kappa shape index (κ3) is 2.51. The third-order valence-electron chi connectivity index (χ3n) is 2.81. The lowest BCUT2D eigenvalue weighted by Crippen LogP contribution is -2.30. The maximum atomic E-state index is 12.1. The normalized spacial score (nSPS) is 10.3. The van der Waals surface area contributed by atoms with Crippen LogP contribution >= 0.6 is 0 Å². The minimum absolute atomic E-state index is 0.0348. The third-order valence-corrected chi connectivity index (χ3v) is 2.81. The zero-order valence-electron chi connectivity index (χ0n) is 10.5. The summed E-state index contributed by atoms with van der Waals surface area (Å²) in [6.45, 7) is 2.16. The number of rotatable bonds is 3. The van der Waals surface area contributed by atoms with E-state index >= 15 is 0 Å². The first-order chi connectivity index (χ1) is 8.58. The number of carbonyl (C=O) groups is 1. The van der Waals surface area contributed by atoms with E-state index in [1.807, 2.05) is 31.2 Å². The predicted molar refractivity (Wildman–Crippen MR) is 71.2 cm³/mol. The first-order valence-corrected chi connectivity index (χ1v) is 5.69. The van der Waals surface area contributed by atoms with Gasteiger partial charge in [0.2, 0.25) is 5.91 Å². The summed E-state index contributed by atoms with van der Waals surface area (Å²) in [4.78, 5) is 13.7. The van der Waals surface area contributed by atoms with E-state index in [0.29, 0.717) is 5.82 Å². The van der Waals surface area contributed by atoms with Crippen LogP contribution < -0.4 is 10.6 Å². The topological polar surface area (TPSA) is 64.2 Å². The van der Waals surface area contributed by atoms with E-state index < -0.39 is 0 Å². The molecule has 0 aliphatic rings. The molecular weight excluding hydrogens is 228 g/mol. The van der Waals surface area contributed by atoms with Crippen LogP contribution in [0.15, 0.2) is 36.5 Å². The molecular formula is C13H16N4O. The second kappa shape index (κ2) is 4.91. The first-order valence-electron chi connectivity index (χ1n) is 5.69. The molecule has 0 radical (unpaired) electrons. The van der Waals surface area contributed by atoms with Crippen LogP contribution in [0.1, 0.15) is 5.56 Å². The number of aryl methyl sites for hydroxylation is 1. The number of nitrogen functional groups attached to an aromatic ring is 1. The molecule has 1 aromatic carbocycles. The summed E-state index contributed by atoms with van der Waals surface area (Å²) >= 11 is 0. The van der Waals surface area contributed by atoms with E-state index in [1.165, 1.54) is 4.68 Å². The van der Waals surface area contributed by atoms with Crippen LogP contribution in [0.3, 0.4) is 0 Å². The van der Waals surface area contributed by atoms with Crippen LogP contribution in [0.25, 0.3) is 0 Å². The monoisotopic (exact) mass is 244 g/mol. The average Bonchev–Trinajstić information content (AvgIpc) is 2.74. The van der Waals surface area contributed by atoms with Crippen molar-refractivity contribution < 1.29 is 4.79 Å². The summed E-state index contributed by atoms with van der Waals surface area (Å²) in [6.07, 6.45) is 1.69. The van der Waals surface area contributed by atoms with Crippen LogP contribution in [0.2, 0.25) is 0 Å². The molecule has 0 spiro atoms. The maximum absolute atomic E-state index is 12.1. The Kier molecular flexibility index (Phi) is 3.32. The Morgan fingerprint density at radius 2 is 2.11 bits per heavy atom. The van der Waals surface area contributed by atoms with Gasteiger partial charge in [0.05, 0.1) is 0 Å². The van der Waals surface area contributed by atoms with E-state index in [2.05, 4.69) is 5.10 Å². The lowest BCUT2D eigenvalue weighted by Gasteiger charge is -2.19. The highest BCUT2D eigenvalue weighted by molar-refractivity contribution is 5.93. The molecule has 0 unspecified atom stereocenters. The molecule has 2 rings (SSSR count). The van der Waals surface area contributed by atoms with Gasteiger partial charge in [-0.15, -0.1) is 0 Å². The van der Waals surface area contributed by atoms with Gasteiger partial charge in [-0.2, -0.15) is 5.10 Å². The van der Waals surface area contributed by atoms with Gasteiger partial charge in [0, 0.05) is 18.9 Å². The van der Waals surface area contributed by atoms with E-state index in [-0.39, 0.29) is 12.5 Å². The number of aromatic nitrogens is 2. The maximum Gasteiger partial charge on any atom is 0.248 e. The summed E-state index contributed by atoms with van der Waals surface area (Å²) in [6, 6.07) is 9.43. The molecule has 0 saturated heterocycles. The quantitative estimate of drug-likeness (QED) is 0.888. The molecule has 5 nitrogen and oxygen atoms in total. The van der Waals surface area contributed by atoms with Gasteiger partial charge in [0.25, 0.3) is 0 Å². The Bertz CT molecular complexity index is 562. The van der Waals surface area contributed by atoms with Crippen molar-refractivity contribution in [3.05, 3.63) is 42.1 Å². The highest BCUT2D eigenvalue weighted by Gasteiger charge is 2.13. The number of carbonyl (C=O) groups excluding carboxylic acids is 1. The lowest BCUT2D eigenvalue weighted by atomic mass is 10.2. The van der Waals surface area contributed by atoms with Crippen molar-refractivity contribution in [2.45, 2.75) is 13.5 Å². The van der Waals surface area contributed by atoms with Gasteiger partial charge in [-0.25, -0.2) is 0 Å². The van der Waals surface area contributed by atoms with Gasteiger partial charge in [-0.3, -0.25) is 9.48 Å². The molecule has 1 amide bonds. The molecule has 94 valence electrons. The molecule has 0 fully saturated rings. The molecule has 2 N–H and O–H groups in total. The molecule has 0 aliphatic carbocycles. The number of para-hydroxylation sites is 1. The van der Waals surface area contributed by atoms with Gasteiger partial charge in [-0.05, 0) is 24.6 Å². The van der Waals surface area contributed by atoms with E-state index in [0.717, 1.165) is 11.3 Å². The van der Waals surface area contributed by atoms with Gasteiger partial charge in [0.15, 0.2) is 0 Å². The molecule has 18 heavy (non-hydrogen) atoms. The minimum atomic E-state index is -0.0348. The number of hydrogen-bond acceptors (Lipinski definition) is 3. The number of benzene rings is 1. The van der Waals surface area contributed by atoms with Crippen molar-refractivity contribution in [2.24, 2.45) is 0 Å². The number of nitrogens with zero attached hydrogens (tertiary/aromatic N) is 3. The molecule has 1 heterocycles. The molecule has 5 heteroatoms. The van der Waals surface area contributed by atoms with Crippen molar-refractivity contribution in [2.75, 3.05) is 17.7 Å². The minimum Gasteiger partial charge on any atom is -0.382 e. The van der Waals surface area contributed by atoms with Gasteiger partial charge >= 0.3 is 0 Å². The molecule has 2 aromatic rings. The summed E-state index contributed by atoms with van der Waals surface area (Å²) in [7, 11) is 1.76. The standard InChI is InChI=1S/C13H16N4O/c1-10-5-3-4-6-11(10)16(2)13(18)9-17-8-7-12(14)15-17/h3-8H,9H2,1-2H3,(H2,14,15). The Labute approximate surface area is 106 Å². The van der Waals surface area contributed by atoms with Crippen molar-refractivity contribution >= 4 is 17.4 Å². The van der Waals surface area contributed by atoms with Gasteiger partial charge < -0.3 is 10.6 Å². The van der Waals surface area contributed by atoms with Gasteiger partial charge in [0.1, 0.15) is 12.4 Å². The molecule has 0 aliphatic heterocycles. The number of anilines is 2. The van der Waals surface area contributed by atoms with Crippen LogP contribution in [0.4, 0.5) is 11.5 Å². The number of nitrogens with two attached hydrogens (primary N) is 1. The second-order valence-corrected chi connectivity index (χ2v) is 4.18. The lowest BCUT2D eigenvalue weighted by molar-refractivity contribution is -0.119. The zero-order chi connectivity index (χ0) is 13.1. The molecule has 0 bridgehead atoms. The van der Waals surface area contributed by atoms with Crippen LogP contribution in [0.5, 0.6) is 0 Å². The Hall–Kier alpha value is -2.30. The molecule has 1 aromatic heterocycles. The van der Waals surface area contributed by atoms with E-state index in [9.17, 15) is 4.79 Å². The summed E-state index contributed by atoms with van der Waals surface area (Å²) in [5.41, 5.74) is 7.48. The van der Waals surface area contributed by atoms with Crippen LogP contribution in [-0.2, 0) is 11.3 Å². The van der Waals surface area contributed by atoms with E-state index in [1.54, 1.807) is 24.2 Å². The summed E-state index contributed by atoms with van der Waals surface area (Å²) in [5, 5.41) is 4.00. The van der Waals surface area contributed by atoms with Crippen molar-refractivity contribution in [1.29, 1.82) is 0 Å². The largest absolute Gasteiger partial charge is 0.382 e. The Morgan fingerprint density at radius 1 is 1.39 bits per heavy atom. The van der Waals surface area contributed by atoms with Crippen molar-refractivity contribution in [3.8, 4) is 0 Å². The Balaban J connectivity index is 2.12.